The number of carbonyl (C=O) groups excluding carboxylic acids is 5. The fourth-order valence-electron chi connectivity index (χ4n) is 3.27. The van der Waals surface area contributed by atoms with Crippen LogP contribution in [0.5, 0.6) is 11.5 Å². The summed E-state index contributed by atoms with van der Waals surface area (Å²) >= 11 is 0. The Hall–Kier alpha value is -3.81. The molecule has 1 aliphatic carbocycles. The van der Waals surface area contributed by atoms with Gasteiger partial charge in [0.15, 0.2) is 5.78 Å². The van der Waals surface area contributed by atoms with Gasteiger partial charge in [0.1, 0.15) is 11.5 Å². The van der Waals surface area contributed by atoms with E-state index in [-0.39, 0.29) is 39.3 Å². The fourth-order valence-corrected chi connectivity index (χ4v) is 3.27. The second-order valence-corrected chi connectivity index (χ2v) is 8.13. The molecule has 0 unspecified atom stereocenters. The Morgan fingerprint density at radius 3 is 1.97 bits per heavy atom. The third kappa shape index (κ3) is 4.37. The molecule has 0 aliphatic heterocycles. The Balaban J connectivity index is 2.23. The van der Waals surface area contributed by atoms with Crippen LogP contribution in [-0.4, -0.2) is 35.0 Å². The summed E-state index contributed by atoms with van der Waals surface area (Å²) in [5.74, 6) is -3.38. The zero-order chi connectivity index (χ0) is 23.1. The van der Waals surface area contributed by atoms with E-state index >= 15 is 0 Å². The number of carbonyl (C=O) groups is 5. The van der Waals surface area contributed by atoms with Gasteiger partial charge in [0.25, 0.3) is 5.91 Å². The molecule has 0 spiro atoms. The summed E-state index contributed by atoms with van der Waals surface area (Å²) in [4.78, 5) is 62.4. The van der Waals surface area contributed by atoms with Crippen molar-refractivity contribution in [1.29, 1.82) is 0 Å². The minimum atomic E-state index is -0.727. The molecule has 8 heteroatoms. The van der Waals surface area contributed by atoms with Crippen LogP contribution in [0.3, 0.4) is 0 Å². The van der Waals surface area contributed by atoms with Gasteiger partial charge < -0.3 is 14.8 Å². The summed E-state index contributed by atoms with van der Waals surface area (Å²) in [5, 5.41) is 2.77. The smallest absolute Gasteiger partial charge is 0.308 e. The Labute approximate surface area is 178 Å². The van der Waals surface area contributed by atoms with E-state index in [0.29, 0.717) is 0 Å². The number of ketones is 2. The molecular weight excluding hydrogens is 402 g/mol. The van der Waals surface area contributed by atoms with Crippen LogP contribution >= 0.6 is 0 Å². The summed E-state index contributed by atoms with van der Waals surface area (Å²) in [6.07, 6.45) is 0. The first-order valence-electron chi connectivity index (χ1n) is 9.49. The molecule has 1 N–H and O–H groups in total. The second kappa shape index (κ2) is 7.79. The summed E-state index contributed by atoms with van der Waals surface area (Å²) < 4.78 is 10.3. The van der Waals surface area contributed by atoms with Gasteiger partial charge in [-0.3, -0.25) is 24.0 Å². The van der Waals surface area contributed by atoms with Crippen LogP contribution in [0.25, 0.3) is 0 Å². The Kier molecular flexibility index (Phi) is 5.50. The number of hydrogen-bond acceptors (Lipinski definition) is 7. The number of benzene rings is 2. The molecule has 2 aromatic carbocycles. The van der Waals surface area contributed by atoms with Crippen molar-refractivity contribution in [1.82, 2.24) is 5.32 Å². The van der Waals surface area contributed by atoms with Gasteiger partial charge in [0.2, 0.25) is 5.78 Å². The molecule has 0 saturated heterocycles. The van der Waals surface area contributed by atoms with Crippen LogP contribution < -0.4 is 14.8 Å². The van der Waals surface area contributed by atoms with Gasteiger partial charge >= 0.3 is 11.9 Å². The normalized spacial score (nSPS) is 12.5. The molecule has 31 heavy (non-hydrogen) atoms. The maximum atomic E-state index is 13.3. The summed E-state index contributed by atoms with van der Waals surface area (Å²) in [5.41, 5.74) is -0.811. The van der Waals surface area contributed by atoms with E-state index in [1.54, 1.807) is 20.8 Å². The number of hydrogen-bond donors (Lipinski definition) is 1. The van der Waals surface area contributed by atoms with Crippen LogP contribution in [0.4, 0.5) is 0 Å². The van der Waals surface area contributed by atoms with Gasteiger partial charge in [-0.2, -0.15) is 0 Å². The summed E-state index contributed by atoms with van der Waals surface area (Å²) in [6, 6.07) is 6.85. The molecule has 160 valence electrons. The molecule has 0 fully saturated rings. The van der Waals surface area contributed by atoms with E-state index in [1.165, 1.54) is 37.3 Å². The number of fused-ring (bicyclic) bond motifs is 2. The highest BCUT2D eigenvalue weighted by molar-refractivity contribution is 6.31. The highest BCUT2D eigenvalue weighted by Crippen LogP contribution is 2.38. The Bertz CT molecular complexity index is 1160. The molecule has 8 nitrogen and oxygen atoms in total. The van der Waals surface area contributed by atoms with Gasteiger partial charge in [-0.15, -0.1) is 0 Å². The van der Waals surface area contributed by atoms with E-state index in [1.807, 2.05) is 0 Å². The van der Waals surface area contributed by atoms with E-state index in [4.69, 9.17) is 9.47 Å². The largest absolute Gasteiger partial charge is 0.426 e. The molecule has 0 aromatic heterocycles. The molecule has 0 heterocycles. The monoisotopic (exact) mass is 423 g/mol. The van der Waals surface area contributed by atoms with Crippen molar-refractivity contribution in [3.8, 4) is 11.5 Å². The molecule has 1 amide bonds. The maximum Gasteiger partial charge on any atom is 0.308 e. The predicted molar refractivity (Wildman–Crippen MR) is 110 cm³/mol. The first-order valence-corrected chi connectivity index (χ1v) is 9.49. The first kappa shape index (κ1) is 21.9. The summed E-state index contributed by atoms with van der Waals surface area (Å²) in [7, 11) is 0. The number of nitrogens with one attached hydrogen (secondary N) is 1. The number of amides is 1. The predicted octanol–water partition coefficient (Wildman–Crippen LogP) is 2.84. The van der Waals surface area contributed by atoms with Gasteiger partial charge in [-0.25, -0.2) is 0 Å². The van der Waals surface area contributed by atoms with E-state index in [9.17, 15) is 24.0 Å². The van der Waals surface area contributed by atoms with Crippen molar-refractivity contribution < 1.29 is 33.4 Å². The molecule has 0 saturated carbocycles. The van der Waals surface area contributed by atoms with Crippen molar-refractivity contribution in [3.63, 3.8) is 0 Å². The standard InChI is InChI=1S/C23H21NO7/c1-11(25)30-16-8-6-7-14-18(16)21(28)19-15(20(14)27)9-13(10-17(19)31-12(2)26)22(29)24-23(3,4)5/h6-10H,1-5H3,(H,24,29). The first-order chi connectivity index (χ1) is 14.4. The lowest BCUT2D eigenvalue weighted by molar-refractivity contribution is -0.132. The quantitative estimate of drug-likeness (QED) is 0.509. The maximum absolute atomic E-state index is 13.3. The second-order valence-electron chi connectivity index (χ2n) is 8.13. The molecule has 0 radical (unpaired) electrons. The van der Waals surface area contributed by atoms with Crippen molar-refractivity contribution in [2.45, 2.75) is 40.2 Å². The number of ether oxygens (including phenoxy) is 2. The molecule has 1 aliphatic rings. The lowest BCUT2D eigenvalue weighted by atomic mass is 9.82. The average Bonchev–Trinajstić information content (AvgIpc) is 2.63. The van der Waals surface area contributed by atoms with Crippen molar-refractivity contribution in [2.24, 2.45) is 0 Å². The van der Waals surface area contributed by atoms with Crippen LogP contribution in [0.2, 0.25) is 0 Å². The van der Waals surface area contributed by atoms with Gasteiger partial charge in [-0.1, -0.05) is 12.1 Å². The minimum absolute atomic E-state index is 0.0263. The Morgan fingerprint density at radius 1 is 0.806 bits per heavy atom. The third-order valence-electron chi connectivity index (χ3n) is 4.33. The molecular formula is C23H21NO7. The van der Waals surface area contributed by atoms with Crippen molar-refractivity contribution in [3.05, 3.63) is 58.1 Å². The zero-order valence-electron chi connectivity index (χ0n) is 17.7. The van der Waals surface area contributed by atoms with E-state index in [2.05, 4.69) is 5.32 Å². The number of esters is 2. The van der Waals surface area contributed by atoms with Crippen LogP contribution in [0.15, 0.2) is 30.3 Å². The van der Waals surface area contributed by atoms with Gasteiger partial charge in [0.05, 0.1) is 11.1 Å². The Morgan fingerprint density at radius 2 is 1.39 bits per heavy atom. The zero-order valence-corrected chi connectivity index (χ0v) is 17.7. The lowest BCUT2D eigenvalue weighted by Gasteiger charge is -2.24. The minimum Gasteiger partial charge on any atom is -0.426 e. The molecule has 3 rings (SSSR count). The fraction of sp³-hybridized carbons (Fsp3) is 0.261. The van der Waals surface area contributed by atoms with E-state index in [0.717, 1.165) is 6.92 Å². The third-order valence-corrected chi connectivity index (χ3v) is 4.33. The highest BCUT2D eigenvalue weighted by atomic mass is 16.5. The van der Waals surface area contributed by atoms with Crippen molar-refractivity contribution in [2.75, 3.05) is 0 Å². The molecule has 0 atom stereocenters. The summed E-state index contributed by atoms with van der Waals surface area (Å²) in [6.45, 7) is 7.68. The SMILES string of the molecule is CC(=O)Oc1cccc2c1C(=O)c1c(OC(C)=O)cc(C(=O)NC(C)(C)C)cc1C2=O. The van der Waals surface area contributed by atoms with E-state index < -0.39 is 35.0 Å². The van der Waals surface area contributed by atoms with Gasteiger partial charge in [-0.05, 0) is 39.0 Å². The lowest BCUT2D eigenvalue weighted by Crippen LogP contribution is -2.40. The molecule has 0 bridgehead atoms. The number of rotatable bonds is 3. The van der Waals surface area contributed by atoms with Crippen molar-refractivity contribution >= 4 is 29.4 Å². The average molecular weight is 423 g/mol. The van der Waals surface area contributed by atoms with Crippen LogP contribution in [-0.2, 0) is 9.59 Å². The van der Waals surface area contributed by atoms with Crippen LogP contribution in [0.1, 0.15) is 76.8 Å². The van der Waals surface area contributed by atoms with Gasteiger partial charge in [0, 0.05) is 36.1 Å². The molecule has 2 aromatic rings. The topological polar surface area (TPSA) is 116 Å². The van der Waals surface area contributed by atoms with Crippen LogP contribution in [0, 0.1) is 0 Å². The highest BCUT2D eigenvalue weighted by Gasteiger charge is 2.36.